The van der Waals surface area contributed by atoms with E-state index in [-0.39, 0.29) is 0 Å². The molecule has 1 unspecified atom stereocenters. The third-order valence-corrected chi connectivity index (χ3v) is 4.98. The van der Waals surface area contributed by atoms with E-state index >= 15 is 0 Å². The lowest BCUT2D eigenvalue weighted by Crippen LogP contribution is -2.39. The quantitative estimate of drug-likeness (QED) is 0.940. The lowest BCUT2D eigenvalue weighted by molar-refractivity contribution is 0.165. The van der Waals surface area contributed by atoms with Crippen LogP contribution < -0.4 is 10.5 Å². The lowest BCUT2D eigenvalue weighted by Gasteiger charge is -2.34. The van der Waals surface area contributed by atoms with E-state index in [4.69, 9.17) is 10.5 Å². The average molecular weight is 298 g/mol. The van der Waals surface area contributed by atoms with Gasteiger partial charge < -0.3 is 10.5 Å². The number of benzene rings is 2. The average Bonchev–Trinajstić information content (AvgIpc) is 2.55. The number of likely N-dealkylation sites (tertiary alicyclic amines) is 1. The maximum atomic E-state index is 6.05. The molecular weight excluding hydrogens is 272 g/mol. The van der Waals surface area contributed by atoms with Crippen molar-refractivity contribution in [3.05, 3.63) is 42.0 Å². The number of fused-ring (bicyclic) bond motifs is 1. The summed E-state index contributed by atoms with van der Waals surface area (Å²) in [6.07, 6.45) is 2.40. The Morgan fingerprint density at radius 2 is 1.91 bits per heavy atom. The molecule has 2 aromatic rings. The molecule has 1 aliphatic heterocycles. The van der Waals surface area contributed by atoms with Crippen molar-refractivity contribution in [1.82, 2.24) is 4.90 Å². The molecule has 1 atom stereocenters. The SMILES string of the molecule is COc1ccc2ccccc2c1CN1CCC(C(C)N)CC1. The molecule has 3 rings (SSSR count). The highest BCUT2D eigenvalue weighted by Crippen LogP contribution is 2.30. The van der Waals surface area contributed by atoms with Gasteiger partial charge in [0, 0.05) is 18.2 Å². The second kappa shape index (κ2) is 6.67. The molecule has 118 valence electrons. The van der Waals surface area contributed by atoms with Crippen LogP contribution in [0, 0.1) is 5.92 Å². The maximum absolute atomic E-state index is 6.05. The normalized spacial score (nSPS) is 18.5. The van der Waals surface area contributed by atoms with Crippen LogP contribution in [0.25, 0.3) is 10.8 Å². The van der Waals surface area contributed by atoms with E-state index in [9.17, 15) is 0 Å². The summed E-state index contributed by atoms with van der Waals surface area (Å²) in [5.74, 6) is 1.67. The summed E-state index contributed by atoms with van der Waals surface area (Å²) in [4.78, 5) is 2.53. The number of hydrogen-bond acceptors (Lipinski definition) is 3. The van der Waals surface area contributed by atoms with Gasteiger partial charge in [0.15, 0.2) is 0 Å². The smallest absolute Gasteiger partial charge is 0.123 e. The van der Waals surface area contributed by atoms with Crippen LogP contribution in [0.2, 0.25) is 0 Å². The Balaban J connectivity index is 1.82. The molecule has 0 aliphatic carbocycles. The number of piperidine rings is 1. The summed E-state index contributed by atoms with van der Waals surface area (Å²) in [7, 11) is 1.76. The van der Waals surface area contributed by atoms with E-state index in [0.29, 0.717) is 12.0 Å². The first-order valence-electron chi connectivity index (χ1n) is 8.21. The molecule has 0 radical (unpaired) electrons. The first-order chi connectivity index (χ1) is 10.7. The zero-order valence-corrected chi connectivity index (χ0v) is 13.6. The van der Waals surface area contributed by atoms with Gasteiger partial charge in [0.2, 0.25) is 0 Å². The van der Waals surface area contributed by atoms with E-state index in [1.807, 2.05) is 0 Å². The molecule has 0 aromatic heterocycles. The predicted octanol–water partition coefficient (Wildman–Crippen LogP) is 3.41. The second-order valence-electron chi connectivity index (χ2n) is 6.44. The Bertz CT molecular complexity index is 630. The summed E-state index contributed by atoms with van der Waals surface area (Å²) >= 11 is 0. The highest BCUT2D eigenvalue weighted by atomic mass is 16.5. The molecule has 0 spiro atoms. The van der Waals surface area contributed by atoms with Crippen molar-refractivity contribution in [2.75, 3.05) is 20.2 Å². The van der Waals surface area contributed by atoms with Crippen molar-refractivity contribution < 1.29 is 4.74 Å². The van der Waals surface area contributed by atoms with Crippen LogP contribution in [0.3, 0.4) is 0 Å². The minimum Gasteiger partial charge on any atom is -0.496 e. The van der Waals surface area contributed by atoms with Crippen LogP contribution in [0.5, 0.6) is 5.75 Å². The minimum absolute atomic E-state index is 0.314. The Labute approximate surface area is 133 Å². The van der Waals surface area contributed by atoms with Gasteiger partial charge >= 0.3 is 0 Å². The topological polar surface area (TPSA) is 38.5 Å². The number of hydrogen-bond donors (Lipinski definition) is 1. The first kappa shape index (κ1) is 15.3. The molecule has 2 N–H and O–H groups in total. The van der Waals surface area contributed by atoms with Crippen LogP contribution in [-0.2, 0) is 6.54 Å². The third kappa shape index (κ3) is 3.11. The predicted molar refractivity (Wildman–Crippen MR) is 92.2 cm³/mol. The second-order valence-corrected chi connectivity index (χ2v) is 6.44. The summed E-state index contributed by atoms with van der Waals surface area (Å²) < 4.78 is 5.61. The van der Waals surface area contributed by atoms with Crippen molar-refractivity contribution in [1.29, 1.82) is 0 Å². The molecule has 2 aromatic carbocycles. The highest BCUT2D eigenvalue weighted by Gasteiger charge is 2.23. The van der Waals surface area contributed by atoms with Crippen LogP contribution in [0.15, 0.2) is 36.4 Å². The third-order valence-electron chi connectivity index (χ3n) is 4.98. The van der Waals surface area contributed by atoms with Crippen LogP contribution in [0.4, 0.5) is 0 Å². The van der Waals surface area contributed by atoms with Crippen molar-refractivity contribution >= 4 is 10.8 Å². The standard InChI is InChI=1S/C19H26N2O/c1-14(20)15-9-11-21(12-10-15)13-18-17-6-4-3-5-16(17)7-8-19(18)22-2/h3-8,14-15H,9-13,20H2,1-2H3. The maximum Gasteiger partial charge on any atom is 0.123 e. The zero-order chi connectivity index (χ0) is 15.5. The Morgan fingerprint density at radius 3 is 2.59 bits per heavy atom. The van der Waals surface area contributed by atoms with Crippen molar-refractivity contribution in [3.8, 4) is 5.75 Å². The van der Waals surface area contributed by atoms with E-state index in [2.05, 4.69) is 48.2 Å². The summed E-state index contributed by atoms with van der Waals surface area (Å²) in [6, 6.07) is 13.1. The summed E-state index contributed by atoms with van der Waals surface area (Å²) in [5.41, 5.74) is 7.35. The number of rotatable bonds is 4. The molecular formula is C19H26N2O. The van der Waals surface area contributed by atoms with E-state index in [1.165, 1.54) is 29.2 Å². The molecule has 1 aliphatic rings. The van der Waals surface area contributed by atoms with Crippen LogP contribution in [-0.4, -0.2) is 31.1 Å². The van der Waals surface area contributed by atoms with Gasteiger partial charge in [-0.25, -0.2) is 0 Å². The Hall–Kier alpha value is -1.58. The number of ether oxygens (including phenoxy) is 1. The molecule has 22 heavy (non-hydrogen) atoms. The van der Waals surface area contributed by atoms with E-state index in [1.54, 1.807) is 7.11 Å². The monoisotopic (exact) mass is 298 g/mol. The molecule has 0 saturated carbocycles. The number of nitrogens with zero attached hydrogens (tertiary/aromatic N) is 1. The lowest BCUT2D eigenvalue weighted by atomic mass is 9.90. The summed E-state index contributed by atoms with van der Waals surface area (Å²) in [5, 5.41) is 2.58. The Morgan fingerprint density at radius 1 is 1.18 bits per heavy atom. The van der Waals surface area contributed by atoms with Gasteiger partial charge in [-0.1, -0.05) is 30.3 Å². The van der Waals surface area contributed by atoms with Gasteiger partial charge in [0.05, 0.1) is 7.11 Å². The molecule has 3 nitrogen and oxygen atoms in total. The molecule has 0 amide bonds. The molecule has 1 saturated heterocycles. The van der Waals surface area contributed by atoms with Gasteiger partial charge in [-0.05, 0) is 55.6 Å². The fourth-order valence-electron chi connectivity index (χ4n) is 3.53. The molecule has 1 fully saturated rings. The first-order valence-corrected chi connectivity index (χ1v) is 8.21. The highest BCUT2D eigenvalue weighted by molar-refractivity contribution is 5.87. The number of nitrogens with two attached hydrogens (primary N) is 1. The van der Waals surface area contributed by atoms with Crippen LogP contribution in [0.1, 0.15) is 25.3 Å². The van der Waals surface area contributed by atoms with E-state index < -0.39 is 0 Å². The molecule has 1 heterocycles. The molecule has 0 bridgehead atoms. The number of methoxy groups -OCH3 is 1. The fourth-order valence-corrected chi connectivity index (χ4v) is 3.53. The minimum atomic E-state index is 0.314. The Kier molecular flexibility index (Phi) is 4.65. The van der Waals surface area contributed by atoms with Crippen molar-refractivity contribution in [2.45, 2.75) is 32.4 Å². The largest absolute Gasteiger partial charge is 0.496 e. The van der Waals surface area contributed by atoms with Crippen molar-refractivity contribution in [3.63, 3.8) is 0 Å². The van der Waals surface area contributed by atoms with E-state index in [0.717, 1.165) is 25.4 Å². The van der Waals surface area contributed by atoms with Crippen molar-refractivity contribution in [2.24, 2.45) is 11.7 Å². The van der Waals surface area contributed by atoms with Gasteiger partial charge in [0.25, 0.3) is 0 Å². The fraction of sp³-hybridized carbons (Fsp3) is 0.474. The zero-order valence-electron chi connectivity index (χ0n) is 13.6. The van der Waals surface area contributed by atoms with Gasteiger partial charge in [-0.2, -0.15) is 0 Å². The van der Waals surface area contributed by atoms with Gasteiger partial charge in [0.1, 0.15) is 5.75 Å². The molecule has 3 heteroatoms. The summed E-state index contributed by atoms with van der Waals surface area (Å²) in [6.45, 7) is 5.33. The van der Waals surface area contributed by atoms with Gasteiger partial charge in [-0.15, -0.1) is 0 Å². The van der Waals surface area contributed by atoms with Gasteiger partial charge in [-0.3, -0.25) is 4.90 Å². The van der Waals surface area contributed by atoms with Crippen LogP contribution >= 0.6 is 0 Å².